The Morgan fingerprint density at radius 1 is 1.38 bits per heavy atom. The summed E-state index contributed by atoms with van der Waals surface area (Å²) < 4.78 is 0. The van der Waals surface area contributed by atoms with Gasteiger partial charge in [0.05, 0.1) is 11.1 Å². The molecule has 1 aliphatic carbocycles. The highest BCUT2D eigenvalue weighted by Gasteiger charge is 2.22. The molecule has 2 heterocycles. The van der Waals surface area contributed by atoms with Gasteiger partial charge in [0.1, 0.15) is 11.1 Å². The summed E-state index contributed by atoms with van der Waals surface area (Å²) in [6.45, 7) is 1.88. The van der Waals surface area contributed by atoms with Crippen molar-refractivity contribution >= 4 is 22.2 Å². The molecule has 0 aromatic carbocycles. The first-order valence-corrected chi connectivity index (χ1v) is 7.79. The standard InChI is InChI=1S/C16H15N3OS/c1-10-6-7-11(9-18-10)15(20)19-16-13(8-17)12-4-2-3-5-14(12)21-16/h6-7,9H,2-5H2,1H3,(H,19,20). The van der Waals surface area contributed by atoms with E-state index < -0.39 is 0 Å². The molecule has 0 saturated heterocycles. The van der Waals surface area contributed by atoms with E-state index in [0.29, 0.717) is 16.1 Å². The Balaban J connectivity index is 1.88. The van der Waals surface area contributed by atoms with Gasteiger partial charge >= 0.3 is 0 Å². The fraction of sp³-hybridized carbons (Fsp3) is 0.312. The number of nitrogens with one attached hydrogen (secondary N) is 1. The third kappa shape index (κ3) is 2.67. The van der Waals surface area contributed by atoms with Crippen molar-refractivity contribution in [3.05, 3.63) is 45.6 Å². The van der Waals surface area contributed by atoms with Crippen molar-refractivity contribution in [3.63, 3.8) is 0 Å². The summed E-state index contributed by atoms with van der Waals surface area (Å²) in [7, 11) is 0. The van der Waals surface area contributed by atoms with Gasteiger partial charge in [-0.2, -0.15) is 5.26 Å². The first-order chi connectivity index (χ1) is 10.2. The number of fused-ring (bicyclic) bond motifs is 1. The van der Waals surface area contributed by atoms with Gasteiger partial charge in [-0.3, -0.25) is 9.78 Å². The number of carbonyl (C=O) groups excluding carboxylic acids is 1. The second kappa shape index (κ2) is 5.66. The van der Waals surface area contributed by atoms with Crippen molar-refractivity contribution in [1.29, 1.82) is 5.26 Å². The van der Waals surface area contributed by atoms with Crippen LogP contribution in [0.5, 0.6) is 0 Å². The lowest BCUT2D eigenvalue weighted by Crippen LogP contribution is -2.12. The highest BCUT2D eigenvalue weighted by molar-refractivity contribution is 7.16. The lowest BCUT2D eigenvalue weighted by atomic mass is 9.96. The number of carbonyl (C=O) groups is 1. The highest BCUT2D eigenvalue weighted by Crippen LogP contribution is 2.37. The zero-order valence-corrected chi connectivity index (χ0v) is 12.6. The van der Waals surface area contributed by atoms with Gasteiger partial charge in [0, 0.05) is 16.8 Å². The smallest absolute Gasteiger partial charge is 0.257 e. The van der Waals surface area contributed by atoms with Gasteiger partial charge in [-0.1, -0.05) is 0 Å². The minimum absolute atomic E-state index is 0.211. The van der Waals surface area contributed by atoms with Crippen molar-refractivity contribution < 1.29 is 4.79 Å². The van der Waals surface area contributed by atoms with Crippen LogP contribution in [0.25, 0.3) is 0 Å². The van der Waals surface area contributed by atoms with Crippen molar-refractivity contribution in [3.8, 4) is 6.07 Å². The minimum atomic E-state index is -0.211. The number of hydrogen-bond acceptors (Lipinski definition) is 4. The van der Waals surface area contributed by atoms with Gasteiger partial charge < -0.3 is 5.32 Å². The van der Waals surface area contributed by atoms with E-state index >= 15 is 0 Å². The normalized spacial score (nSPS) is 13.3. The molecule has 0 aliphatic heterocycles. The largest absolute Gasteiger partial charge is 0.312 e. The number of aryl methyl sites for hydroxylation is 2. The van der Waals surface area contributed by atoms with E-state index in [-0.39, 0.29) is 5.91 Å². The summed E-state index contributed by atoms with van der Waals surface area (Å²) in [5, 5.41) is 12.9. The molecule has 0 unspecified atom stereocenters. The van der Waals surface area contributed by atoms with Crippen molar-refractivity contribution in [1.82, 2.24) is 4.98 Å². The van der Waals surface area contributed by atoms with Crippen molar-refractivity contribution in [2.24, 2.45) is 0 Å². The number of nitrogens with zero attached hydrogens (tertiary/aromatic N) is 2. The average Bonchev–Trinajstić information content (AvgIpc) is 2.84. The highest BCUT2D eigenvalue weighted by atomic mass is 32.1. The molecule has 4 nitrogen and oxygen atoms in total. The molecule has 2 aromatic rings. The van der Waals surface area contributed by atoms with Crippen molar-refractivity contribution in [2.75, 3.05) is 5.32 Å². The second-order valence-electron chi connectivity index (χ2n) is 5.17. The maximum absolute atomic E-state index is 12.3. The van der Waals surface area contributed by atoms with E-state index in [2.05, 4.69) is 16.4 Å². The summed E-state index contributed by atoms with van der Waals surface area (Å²) in [4.78, 5) is 17.6. The molecule has 21 heavy (non-hydrogen) atoms. The first-order valence-electron chi connectivity index (χ1n) is 6.97. The number of pyridine rings is 1. The van der Waals surface area contributed by atoms with Crippen LogP contribution in [0, 0.1) is 18.3 Å². The molecule has 0 atom stereocenters. The van der Waals surface area contributed by atoms with Crippen LogP contribution in [0.1, 0.15) is 44.9 Å². The van der Waals surface area contributed by atoms with Gasteiger partial charge in [0.25, 0.3) is 5.91 Å². The molecule has 1 aliphatic rings. The second-order valence-corrected chi connectivity index (χ2v) is 6.27. The van der Waals surface area contributed by atoms with Gasteiger partial charge in [0.2, 0.25) is 0 Å². The summed E-state index contributed by atoms with van der Waals surface area (Å²) in [5.41, 5.74) is 3.15. The number of aromatic nitrogens is 1. The summed E-state index contributed by atoms with van der Waals surface area (Å²) in [5.74, 6) is -0.211. The van der Waals surface area contributed by atoms with Crippen LogP contribution in [-0.2, 0) is 12.8 Å². The molecule has 0 radical (unpaired) electrons. The topological polar surface area (TPSA) is 65.8 Å². The molecule has 0 bridgehead atoms. The van der Waals surface area contributed by atoms with Crippen LogP contribution >= 0.6 is 11.3 Å². The Morgan fingerprint density at radius 2 is 2.19 bits per heavy atom. The predicted molar refractivity (Wildman–Crippen MR) is 82.6 cm³/mol. The Kier molecular flexibility index (Phi) is 3.72. The molecule has 5 heteroatoms. The molecule has 0 fully saturated rings. The van der Waals surface area contributed by atoms with E-state index in [1.165, 1.54) is 16.2 Å². The van der Waals surface area contributed by atoms with Gasteiger partial charge in [-0.05, 0) is 50.3 Å². The van der Waals surface area contributed by atoms with E-state index in [4.69, 9.17) is 0 Å². The van der Waals surface area contributed by atoms with Crippen molar-refractivity contribution in [2.45, 2.75) is 32.6 Å². The minimum Gasteiger partial charge on any atom is -0.312 e. The van der Waals surface area contributed by atoms with Crippen LogP contribution < -0.4 is 5.32 Å². The van der Waals surface area contributed by atoms with Crippen LogP contribution in [0.3, 0.4) is 0 Å². The van der Waals surface area contributed by atoms with Crippen LogP contribution in [0.4, 0.5) is 5.00 Å². The SMILES string of the molecule is Cc1ccc(C(=O)Nc2sc3c(c2C#N)CCCC3)cn1. The van der Waals surface area contributed by atoms with Gasteiger partial charge in [-0.25, -0.2) is 0 Å². The molecule has 3 rings (SSSR count). The number of rotatable bonds is 2. The average molecular weight is 297 g/mol. The number of amides is 1. The maximum atomic E-state index is 12.3. The van der Waals surface area contributed by atoms with E-state index in [0.717, 1.165) is 36.9 Å². The Bertz CT molecular complexity index is 725. The number of thiophene rings is 1. The first kappa shape index (κ1) is 13.8. The number of anilines is 1. The molecule has 1 amide bonds. The Labute approximate surface area is 127 Å². The lowest BCUT2D eigenvalue weighted by Gasteiger charge is -2.09. The lowest BCUT2D eigenvalue weighted by molar-refractivity contribution is 0.102. The van der Waals surface area contributed by atoms with E-state index in [1.54, 1.807) is 18.3 Å². The van der Waals surface area contributed by atoms with Gasteiger partial charge in [-0.15, -0.1) is 11.3 Å². The molecule has 106 valence electrons. The van der Waals surface area contributed by atoms with Crippen LogP contribution in [0.2, 0.25) is 0 Å². The van der Waals surface area contributed by atoms with E-state index in [9.17, 15) is 10.1 Å². The Morgan fingerprint density at radius 3 is 2.90 bits per heavy atom. The van der Waals surface area contributed by atoms with Crippen LogP contribution in [-0.4, -0.2) is 10.9 Å². The third-order valence-electron chi connectivity index (χ3n) is 3.68. The number of nitriles is 1. The molecule has 0 saturated carbocycles. The van der Waals surface area contributed by atoms with Gasteiger partial charge in [0.15, 0.2) is 0 Å². The fourth-order valence-electron chi connectivity index (χ4n) is 2.55. The Hall–Kier alpha value is -2.19. The zero-order chi connectivity index (χ0) is 14.8. The summed E-state index contributed by atoms with van der Waals surface area (Å²) in [6.07, 6.45) is 5.79. The molecule has 0 spiro atoms. The summed E-state index contributed by atoms with van der Waals surface area (Å²) >= 11 is 1.54. The van der Waals surface area contributed by atoms with E-state index in [1.807, 2.05) is 6.92 Å². The molecular weight excluding hydrogens is 282 g/mol. The third-order valence-corrected chi connectivity index (χ3v) is 4.89. The fourth-order valence-corrected chi connectivity index (χ4v) is 3.78. The van der Waals surface area contributed by atoms with Crippen LogP contribution in [0.15, 0.2) is 18.3 Å². The zero-order valence-electron chi connectivity index (χ0n) is 11.8. The quantitative estimate of drug-likeness (QED) is 0.923. The predicted octanol–water partition coefficient (Wildman–Crippen LogP) is 3.45. The molecule has 2 aromatic heterocycles. The number of hydrogen-bond donors (Lipinski definition) is 1. The summed E-state index contributed by atoms with van der Waals surface area (Å²) in [6, 6.07) is 5.80. The molecule has 1 N–H and O–H groups in total. The maximum Gasteiger partial charge on any atom is 0.257 e. The molecular formula is C16H15N3OS. The monoisotopic (exact) mass is 297 g/mol.